The Morgan fingerprint density at radius 3 is 2.79 bits per heavy atom. The van der Waals surface area contributed by atoms with Gasteiger partial charge in [-0.15, -0.1) is 0 Å². The Labute approximate surface area is 112 Å². The molecule has 0 bridgehead atoms. The molecule has 2 N–H and O–H groups in total. The predicted molar refractivity (Wildman–Crippen MR) is 72.3 cm³/mol. The lowest BCUT2D eigenvalue weighted by Crippen LogP contribution is -2.08. The molecular weight excluding hydrogens is 243 g/mol. The third-order valence-electron chi connectivity index (χ3n) is 2.79. The molecule has 1 aromatic heterocycles. The van der Waals surface area contributed by atoms with Gasteiger partial charge >= 0.3 is 0 Å². The first-order chi connectivity index (χ1) is 9.06. The maximum absolute atomic E-state index is 13.2. The summed E-state index contributed by atoms with van der Waals surface area (Å²) < 4.78 is 18.9. The Morgan fingerprint density at radius 2 is 2.11 bits per heavy atom. The number of aromatic nitrogens is 1. The monoisotopic (exact) mass is 260 g/mol. The average molecular weight is 260 g/mol. The fraction of sp³-hybridized carbons (Fsp3) is 0.267. The maximum Gasteiger partial charge on any atom is 0.124 e. The molecule has 0 saturated carbocycles. The molecule has 4 heteroatoms. The number of nitrogens with zero attached hydrogens (tertiary/aromatic N) is 1. The van der Waals surface area contributed by atoms with Crippen LogP contribution in [-0.2, 0) is 6.61 Å². The first-order valence-corrected chi connectivity index (χ1v) is 6.14. The SMILES string of the molecule is Cc1cncc(COc2ccc(F)cc2[C@H](C)N)c1. The van der Waals surface area contributed by atoms with Crippen LogP contribution in [0.25, 0.3) is 0 Å². The summed E-state index contributed by atoms with van der Waals surface area (Å²) in [5.74, 6) is 0.301. The minimum absolute atomic E-state index is 0.277. The van der Waals surface area contributed by atoms with Crippen molar-refractivity contribution in [2.24, 2.45) is 5.73 Å². The standard InChI is InChI=1S/C15H17FN2O/c1-10-5-12(8-18-7-10)9-19-15-4-3-13(16)6-14(15)11(2)17/h3-8,11H,9,17H2,1-2H3/t11-/m0/s1. The molecule has 0 saturated heterocycles. The summed E-state index contributed by atoms with van der Waals surface area (Å²) in [6, 6.07) is 6.12. The Hall–Kier alpha value is -1.94. The fourth-order valence-corrected chi connectivity index (χ4v) is 1.86. The van der Waals surface area contributed by atoms with Crippen LogP contribution in [0.2, 0.25) is 0 Å². The van der Waals surface area contributed by atoms with Crippen molar-refractivity contribution in [1.29, 1.82) is 0 Å². The number of benzene rings is 1. The molecule has 0 amide bonds. The summed E-state index contributed by atoms with van der Waals surface area (Å²) in [5.41, 5.74) is 8.53. The predicted octanol–water partition coefficient (Wildman–Crippen LogP) is 3.13. The van der Waals surface area contributed by atoms with Crippen LogP contribution in [0, 0.1) is 12.7 Å². The lowest BCUT2D eigenvalue weighted by molar-refractivity contribution is 0.300. The Balaban J connectivity index is 2.15. The van der Waals surface area contributed by atoms with Crippen LogP contribution in [0.3, 0.4) is 0 Å². The summed E-state index contributed by atoms with van der Waals surface area (Å²) in [6.45, 7) is 4.16. The summed E-state index contributed by atoms with van der Waals surface area (Å²) in [5, 5.41) is 0. The van der Waals surface area contributed by atoms with Crippen molar-refractivity contribution in [2.45, 2.75) is 26.5 Å². The zero-order valence-electron chi connectivity index (χ0n) is 11.1. The lowest BCUT2D eigenvalue weighted by Gasteiger charge is -2.14. The van der Waals surface area contributed by atoms with Crippen molar-refractivity contribution < 1.29 is 9.13 Å². The number of hydrogen-bond donors (Lipinski definition) is 1. The molecule has 0 aliphatic heterocycles. The topological polar surface area (TPSA) is 48.1 Å². The number of hydrogen-bond acceptors (Lipinski definition) is 3. The molecule has 0 aliphatic carbocycles. The van der Waals surface area contributed by atoms with E-state index in [2.05, 4.69) is 4.98 Å². The van der Waals surface area contributed by atoms with Gasteiger partial charge in [0.1, 0.15) is 18.2 Å². The van der Waals surface area contributed by atoms with E-state index in [0.717, 1.165) is 11.1 Å². The highest BCUT2D eigenvalue weighted by Gasteiger charge is 2.09. The van der Waals surface area contributed by atoms with Crippen LogP contribution in [0.1, 0.15) is 29.7 Å². The van der Waals surface area contributed by atoms with E-state index >= 15 is 0 Å². The molecule has 0 radical (unpaired) electrons. The summed E-state index contributed by atoms with van der Waals surface area (Å²) in [6.07, 6.45) is 3.54. The molecule has 0 spiro atoms. The molecule has 2 rings (SSSR count). The Kier molecular flexibility index (Phi) is 4.12. The zero-order valence-corrected chi connectivity index (χ0v) is 11.1. The lowest BCUT2D eigenvalue weighted by atomic mass is 10.1. The van der Waals surface area contributed by atoms with Gasteiger partial charge < -0.3 is 10.5 Å². The minimum atomic E-state index is -0.308. The van der Waals surface area contributed by atoms with Crippen LogP contribution in [0.5, 0.6) is 5.75 Å². The van der Waals surface area contributed by atoms with E-state index in [1.54, 1.807) is 25.4 Å². The van der Waals surface area contributed by atoms with Crippen molar-refractivity contribution in [1.82, 2.24) is 4.98 Å². The van der Waals surface area contributed by atoms with Gasteiger partial charge in [-0.3, -0.25) is 4.98 Å². The van der Waals surface area contributed by atoms with Crippen LogP contribution < -0.4 is 10.5 Å². The van der Waals surface area contributed by atoms with Gasteiger partial charge in [0.2, 0.25) is 0 Å². The quantitative estimate of drug-likeness (QED) is 0.918. The van der Waals surface area contributed by atoms with Crippen LogP contribution >= 0.6 is 0 Å². The molecule has 1 aromatic carbocycles. The van der Waals surface area contributed by atoms with E-state index in [9.17, 15) is 4.39 Å². The highest BCUT2D eigenvalue weighted by atomic mass is 19.1. The van der Waals surface area contributed by atoms with Crippen molar-refractivity contribution in [3.63, 3.8) is 0 Å². The summed E-state index contributed by atoms with van der Waals surface area (Å²) >= 11 is 0. The van der Waals surface area contributed by atoms with Crippen LogP contribution in [0.4, 0.5) is 4.39 Å². The van der Waals surface area contributed by atoms with E-state index in [1.807, 2.05) is 13.0 Å². The number of rotatable bonds is 4. The second kappa shape index (κ2) is 5.80. The second-order valence-electron chi connectivity index (χ2n) is 4.63. The van der Waals surface area contributed by atoms with Gasteiger partial charge in [0.25, 0.3) is 0 Å². The van der Waals surface area contributed by atoms with Crippen molar-refractivity contribution in [2.75, 3.05) is 0 Å². The largest absolute Gasteiger partial charge is 0.489 e. The van der Waals surface area contributed by atoms with Gasteiger partial charge in [-0.2, -0.15) is 0 Å². The van der Waals surface area contributed by atoms with Crippen LogP contribution in [0.15, 0.2) is 36.7 Å². The second-order valence-corrected chi connectivity index (χ2v) is 4.63. The van der Waals surface area contributed by atoms with Gasteiger partial charge in [0.05, 0.1) is 0 Å². The molecule has 0 fully saturated rings. The molecule has 0 aliphatic rings. The van der Waals surface area contributed by atoms with Gasteiger partial charge in [-0.25, -0.2) is 4.39 Å². The highest BCUT2D eigenvalue weighted by molar-refractivity contribution is 5.36. The molecule has 19 heavy (non-hydrogen) atoms. The third kappa shape index (κ3) is 3.51. The first-order valence-electron chi connectivity index (χ1n) is 6.14. The highest BCUT2D eigenvalue weighted by Crippen LogP contribution is 2.25. The van der Waals surface area contributed by atoms with Gasteiger partial charge in [-0.1, -0.05) is 0 Å². The number of pyridine rings is 1. The minimum Gasteiger partial charge on any atom is -0.489 e. The number of nitrogens with two attached hydrogens (primary N) is 1. The van der Waals surface area contributed by atoms with E-state index in [4.69, 9.17) is 10.5 Å². The number of halogens is 1. The first kappa shape index (κ1) is 13.5. The molecule has 100 valence electrons. The Bertz CT molecular complexity index is 570. The molecule has 3 nitrogen and oxygen atoms in total. The van der Waals surface area contributed by atoms with Crippen molar-refractivity contribution in [3.8, 4) is 5.75 Å². The number of aryl methyl sites for hydroxylation is 1. The molecule has 1 atom stereocenters. The molecule has 2 aromatic rings. The van der Waals surface area contributed by atoms with E-state index in [0.29, 0.717) is 17.9 Å². The van der Waals surface area contributed by atoms with E-state index in [-0.39, 0.29) is 11.9 Å². The van der Waals surface area contributed by atoms with E-state index in [1.165, 1.54) is 12.1 Å². The Morgan fingerprint density at radius 1 is 1.32 bits per heavy atom. The molecule has 0 unspecified atom stereocenters. The van der Waals surface area contributed by atoms with Crippen LogP contribution in [-0.4, -0.2) is 4.98 Å². The normalized spacial score (nSPS) is 12.2. The zero-order chi connectivity index (χ0) is 13.8. The third-order valence-corrected chi connectivity index (χ3v) is 2.79. The van der Waals surface area contributed by atoms with Crippen molar-refractivity contribution >= 4 is 0 Å². The summed E-state index contributed by atoms with van der Waals surface area (Å²) in [4.78, 5) is 4.10. The molecule has 1 heterocycles. The molecular formula is C15H17FN2O. The number of ether oxygens (including phenoxy) is 1. The summed E-state index contributed by atoms with van der Waals surface area (Å²) in [7, 11) is 0. The average Bonchev–Trinajstić information content (AvgIpc) is 2.37. The van der Waals surface area contributed by atoms with Gasteiger partial charge in [0, 0.05) is 29.6 Å². The smallest absolute Gasteiger partial charge is 0.124 e. The maximum atomic E-state index is 13.2. The van der Waals surface area contributed by atoms with Crippen molar-refractivity contribution in [3.05, 3.63) is 59.2 Å². The van der Waals surface area contributed by atoms with E-state index < -0.39 is 0 Å². The van der Waals surface area contributed by atoms with Gasteiger partial charge in [-0.05, 0) is 43.7 Å². The fourth-order valence-electron chi connectivity index (χ4n) is 1.86. The van der Waals surface area contributed by atoms with Gasteiger partial charge in [0.15, 0.2) is 0 Å².